The van der Waals surface area contributed by atoms with Gasteiger partial charge in [0.05, 0.1) is 13.5 Å². The Labute approximate surface area is 102 Å². The molecule has 0 spiro atoms. The van der Waals surface area contributed by atoms with E-state index < -0.39 is 0 Å². The molecule has 1 rings (SSSR count). The molecular weight excluding hydrogens is 216 g/mol. The van der Waals surface area contributed by atoms with E-state index in [1.807, 2.05) is 26.0 Å². The monoisotopic (exact) mass is 234 g/mol. The molecule has 0 unspecified atom stereocenters. The summed E-state index contributed by atoms with van der Waals surface area (Å²) in [7, 11) is 1.39. The summed E-state index contributed by atoms with van der Waals surface area (Å²) in [6.07, 6.45) is 0.322. The number of carbonyl (C=O) groups is 2. The number of ether oxygens (including phenoxy) is 1. The van der Waals surface area contributed by atoms with Crippen LogP contribution in [0, 0.1) is 0 Å². The molecule has 0 radical (unpaired) electrons. The van der Waals surface area contributed by atoms with Gasteiger partial charge in [-0.2, -0.15) is 0 Å². The molecule has 0 amide bonds. The molecule has 92 valence electrons. The van der Waals surface area contributed by atoms with E-state index in [0.717, 1.165) is 5.56 Å². The van der Waals surface area contributed by atoms with Gasteiger partial charge in [0, 0.05) is 11.0 Å². The van der Waals surface area contributed by atoms with Gasteiger partial charge in [-0.15, -0.1) is 0 Å². The Morgan fingerprint density at radius 1 is 1.18 bits per heavy atom. The molecule has 0 N–H and O–H groups in total. The molecule has 0 aliphatic heterocycles. The molecule has 0 aromatic heterocycles. The van der Waals surface area contributed by atoms with Crippen LogP contribution < -0.4 is 0 Å². The second-order valence-corrected chi connectivity index (χ2v) is 4.77. The summed E-state index contributed by atoms with van der Waals surface area (Å²) in [4.78, 5) is 22.5. The molecule has 0 fully saturated rings. The molecule has 3 heteroatoms. The van der Waals surface area contributed by atoms with Gasteiger partial charge >= 0.3 is 5.97 Å². The number of esters is 1. The van der Waals surface area contributed by atoms with E-state index in [1.165, 1.54) is 14.0 Å². The lowest BCUT2D eigenvalue weighted by atomic mass is 9.81. The Kier molecular flexibility index (Phi) is 4.05. The zero-order valence-corrected chi connectivity index (χ0v) is 10.7. The molecule has 1 aromatic carbocycles. The largest absolute Gasteiger partial charge is 0.469 e. The van der Waals surface area contributed by atoms with Gasteiger partial charge in [0.2, 0.25) is 0 Å². The Morgan fingerprint density at radius 2 is 1.71 bits per heavy atom. The van der Waals surface area contributed by atoms with E-state index in [0.29, 0.717) is 12.0 Å². The minimum Gasteiger partial charge on any atom is -0.469 e. The average Bonchev–Trinajstić information content (AvgIpc) is 2.28. The van der Waals surface area contributed by atoms with Crippen molar-refractivity contribution in [2.75, 3.05) is 7.11 Å². The molecule has 0 bridgehead atoms. The van der Waals surface area contributed by atoms with Crippen LogP contribution in [0.25, 0.3) is 0 Å². The lowest BCUT2D eigenvalue weighted by molar-refractivity contribution is -0.141. The van der Waals surface area contributed by atoms with Crippen LogP contribution in [0.3, 0.4) is 0 Å². The fourth-order valence-corrected chi connectivity index (χ4v) is 1.69. The number of rotatable bonds is 4. The van der Waals surface area contributed by atoms with Crippen molar-refractivity contribution in [2.24, 2.45) is 0 Å². The molecule has 0 aliphatic carbocycles. The zero-order chi connectivity index (χ0) is 13.1. The van der Waals surface area contributed by atoms with Gasteiger partial charge in [-0.3, -0.25) is 9.59 Å². The number of ketones is 1. The fraction of sp³-hybridized carbons (Fsp3) is 0.429. The quantitative estimate of drug-likeness (QED) is 0.594. The summed E-state index contributed by atoms with van der Waals surface area (Å²) < 4.78 is 4.68. The number of methoxy groups -OCH3 is 1. The Balaban J connectivity index is 2.91. The third-order valence-corrected chi connectivity index (χ3v) is 2.89. The maximum atomic E-state index is 11.3. The normalized spacial score (nSPS) is 11.1. The number of Topliss-reactive ketones (excluding diaryl/α,β-unsaturated/α-hetero) is 1. The standard InChI is InChI=1S/C14H18O3/c1-10(15)11-5-7-12(8-6-11)14(2,3)9-13(16)17-4/h5-8H,9H2,1-4H3. The number of carbonyl (C=O) groups excluding carboxylic acids is 2. The highest BCUT2D eigenvalue weighted by Crippen LogP contribution is 2.27. The predicted octanol–water partition coefficient (Wildman–Crippen LogP) is 2.73. The van der Waals surface area contributed by atoms with Crippen LogP contribution >= 0.6 is 0 Å². The van der Waals surface area contributed by atoms with E-state index in [2.05, 4.69) is 4.74 Å². The van der Waals surface area contributed by atoms with Gasteiger partial charge in [-0.25, -0.2) is 0 Å². The highest BCUT2D eigenvalue weighted by atomic mass is 16.5. The van der Waals surface area contributed by atoms with Crippen LogP contribution in [0.15, 0.2) is 24.3 Å². The minimum absolute atomic E-state index is 0.0438. The summed E-state index contributed by atoms with van der Waals surface area (Å²) in [6, 6.07) is 7.35. The van der Waals surface area contributed by atoms with Crippen LogP contribution in [-0.4, -0.2) is 18.9 Å². The first-order chi connectivity index (χ1) is 7.86. The van der Waals surface area contributed by atoms with Crippen molar-refractivity contribution in [3.63, 3.8) is 0 Å². The average molecular weight is 234 g/mol. The SMILES string of the molecule is COC(=O)CC(C)(C)c1ccc(C(C)=O)cc1. The number of hydrogen-bond donors (Lipinski definition) is 0. The summed E-state index contributed by atoms with van der Waals surface area (Å²) in [5.41, 5.74) is 1.41. The van der Waals surface area contributed by atoms with Crippen molar-refractivity contribution in [2.45, 2.75) is 32.6 Å². The van der Waals surface area contributed by atoms with Gasteiger partial charge in [0.15, 0.2) is 5.78 Å². The minimum atomic E-state index is -0.289. The van der Waals surface area contributed by atoms with E-state index in [9.17, 15) is 9.59 Å². The Morgan fingerprint density at radius 3 is 2.12 bits per heavy atom. The van der Waals surface area contributed by atoms with E-state index in [4.69, 9.17) is 0 Å². The van der Waals surface area contributed by atoms with E-state index in [-0.39, 0.29) is 17.2 Å². The van der Waals surface area contributed by atoms with E-state index >= 15 is 0 Å². The summed E-state index contributed by atoms with van der Waals surface area (Å²) in [5, 5.41) is 0. The van der Waals surface area contributed by atoms with Crippen molar-refractivity contribution in [3.05, 3.63) is 35.4 Å². The van der Waals surface area contributed by atoms with Gasteiger partial charge in [-0.1, -0.05) is 38.1 Å². The molecule has 0 saturated heterocycles. The Bertz CT molecular complexity index is 416. The van der Waals surface area contributed by atoms with Crippen LogP contribution in [0.2, 0.25) is 0 Å². The Hall–Kier alpha value is -1.64. The molecule has 0 atom stereocenters. The highest BCUT2D eigenvalue weighted by Gasteiger charge is 2.24. The maximum absolute atomic E-state index is 11.3. The van der Waals surface area contributed by atoms with Gasteiger partial charge in [0.1, 0.15) is 0 Å². The smallest absolute Gasteiger partial charge is 0.306 e. The van der Waals surface area contributed by atoms with Crippen LogP contribution in [-0.2, 0) is 14.9 Å². The first kappa shape index (κ1) is 13.4. The van der Waals surface area contributed by atoms with Crippen molar-refractivity contribution in [1.82, 2.24) is 0 Å². The second kappa shape index (κ2) is 5.13. The van der Waals surface area contributed by atoms with Gasteiger partial charge in [0.25, 0.3) is 0 Å². The maximum Gasteiger partial charge on any atom is 0.306 e. The lowest BCUT2D eigenvalue weighted by Gasteiger charge is -2.23. The predicted molar refractivity (Wildman–Crippen MR) is 66.1 cm³/mol. The van der Waals surface area contributed by atoms with Crippen molar-refractivity contribution in [1.29, 1.82) is 0 Å². The van der Waals surface area contributed by atoms with Crippen molar-refractivity contribution >= 4 is 11.8 Å². The first-order valence-electron chi connectivity index (χ1n) is 5.55. The van der Waals surface area contributed by atoms with Crippen molar-refractivity contribution < 1.29 is 14.3 Å². The van der Waals surface area contributed by atoms with Crippen LogP contribution in [0.4, 0.5) is 0 Å². The van der Waals surface area contributed by atoms with Gasteiger partial charge < -0.3 is 4.74 Å². The third kappa shape index (κ3) is 3.41. The zero-order valence-electron chi connectivity index (χ0n) is 10.7. The third-order valence-electron chi connectivity index (χ3n) is 2.89. The second-order valence-electron chi connectivity index (χ2n) is 4.77. The molecule has 0 heterocycles. The lowest BCUT2D eigenvalue weighted by Crippen LogP contribution is -2.22. The fourth-order valence-electron chi connectivity index (χ4n) is 1.69. The summed E-state index contributed by atoms with van der Waals surface area (Å²) in [5.74, 6) is -0.187. The molecule has 0 aliphatic rings. The molecule has 17 heavy (non-hydrogen) atoms. The molecule has 3 nitrogen and oxygen atoms in total. The number of benzene rings is 1. The summed E-state index contributed by atoms with van der Waals surface area (Å²) in [6.45, 7) is 5.49. The summed E-state index contributed by atoms with van der Waals surface area (Å²) >= 11 is 0. The molecule has 1 aromatic rings. The van der Waals surface area contributed by atoms with Crippen molar-refractivity contribution in [3.8, 4) is 0 Å². The molecular formula is C14H18O3. The highest BCUT2D eigenvalue weighted by molar-refractivity contribution is 5.94. The van der Waals surface area contributed by atoms with Gasteiger partial charge in [-0.05, 0) is 12.5 Å². The van der Waals surface area contributed by atoms with Crippen LogP contribution in [0.1, 0.15) is 43.1 Å². The first-order valence-corrected chi connectivity index (χ1v) is 5.55. The molecule has 0 saturated carbocycles. The topological polar surface area (TPSA) is 43.4 Å². The van der Waals surface area contributed by atoms with Crippen LogP contribution in [0.5, 0.6) is 0 Å². The van der Waals surface area contributed by atoms with E-state index in [1.54, 1.807) is 12.1 Å². The number of hydrogen-bond acceptors (Lipinski definition) is 3.